The van der Waals surface area contributed by atoms with Gasteiger partial charge in [-0.15, -0.1) is 0 Å². The van der Waals surface area contributed by atoms with E-state index in [2.05, 4.69) is 41.7 Å². The Kier molecular flexibility index (Phi) is 5.71. The number of hydrogen-bond acceptors (Lipinski definition) is 2. The van der Waals surface area contributed by atoms with Gasteiger partial charge in [0.1, 0.15) is 0 Å². The van der Waals surface area contributed by atoms with E-state index in [1.165, 1.54) is 11.1 Å². The maximum Gasteiger partial charge on any atom is 0.317 e. The zero-order valence-electron chi connectivity index (χ0n) is 14.7. The van der Waals surface area contributed by atoms with Crippen LogP contribution < -0.4 is 5.32 Å². The summed E-state index contributed by atoms with van der Waals surface area (Å²) in [5.41, 5.74) is 3.46. The van der Waals surface area contributed by atoms with Gasteiger partial charge in [0.2, 0.25) is 0 Å². The van der Waals surface area contributed by atoms with Crippen LogP contribution in [0, 0.1) is 5.92 Å². The summed E-state index contributed by atoms with van der Waals surface area (Å²) >= 11 is 0. The molecule has 1 fully saturated rings. The van der Waals surface area contributed by atoms with Crippen molar-refractivity contribution in [3.05, 3.63) is 60.2 Å². The molecule has 2 N–H and O–H groups in total. The Hall–Kier alpha value is -2.33. The molecule has 1 saturated heterocycles. The van der Waals surface area contributed by atoms with Crippen molar-refractivity contribution in [2.75, 3.05) is 19.7 Å². The van der Waals surface area contributed by atoms with Crippen molar-refractivity contribution >= 4 is 6.03 Å². The van der Waals surface area contributed by atoms with E-state index in [0.29, 0.717) is 5.92 Å². The molecular formula is C21H26N2O2. The lowest BCUT2D eigenvalue weighted by Crippen LogP contribution is -2.45. The van der Waals surface area contributed by atoms with Crippen LogP contribution in [0.15, 0.2) is 54.6 Å². The first-order valence-electron chi connectivity index (χ1n) is 8.99. The minimum Gasteiger partial charge on any atom is -0.396 e. The summed E-state index contributed by atoms with van der Waals surface area (Å²) in [5, 5.41) is 12.3. The fraction of sp³-hybridized carbons (Fsp3) is 0.381. The molecule has 0 aromatic heterocycles. The number of nitrogens with zero attached hydrogens (tertiary/aromatic N) is 1. The molecule has 2 aromatic rings. The highest BCUT2D eigenvalue weighted by Crippen LogP contribution is 2.22. The number of likely N-dealkylation sites (tertiary alicyclic amines) is 1. The van der Waals surface area contributed by atoms with E-state index in [1.807, 2.05) is 30.0 Å². The number of rotatable bonds is 4. The Morgan fingerprint density at radius 3 is 2.28 bits per heavy atom. The number of urea groups is 1. The molecule has 0 saturated carbocycles. The Morgan fingerprint density at radius 1 is 1.08 bits per heavy atom. The van der Waals surface area contributed by atoms with E-state index in [0.717, 1.165) is 31.5 Å². The molecule has 0 aliphatic carbocycles. The highest BCUT2D eigenvalue weighted by Gasteiger charge is 2.23. The molecule has 132 valence electrons. The Balaban J connectivity index is 1.58. The minimum absolute atomic E-state index is 0.0176. The van der Waals surface area contributed by atoms with Crippen LogP contribution in [0.4, 0.5) is 4.79 Å². The number of amides is 2. The first kappa shape index (κ1) is 17.5. The predicted octanol–water partition coefficient (Wildman–Crippen LogP) is 3.83. The van der Waals surface area contributed by atoms with Crippen molar-refractivity contribution in [1.29, 1.82) is 0 Å². The Bertz CT molecular complexity index is 677. The van der Waals surface area contributed by atoms with Gasteiger partial charge in [0, 0.05) is 19.7 Å². The second-order valence-corrected chi connectivity index (χ2v) is 6.77. The molecule has 25 heavy (non-hydrogen) atoms. The van der Waals surface area contributed by atoms with E-state index in [9.17, 15) is 9.90 Å². The Morgan fingerprint density at radius 2 is 1.68 bits per heavy atom. The number of nitrogens with one attached hydrogen (secondary N) is 1. The fourth-order valence-electron chi connectivity index (χ4n) is 3.27. The van der Waals surface area contributed by atoms with Crippen LogP contribution in [0.25, 0.3) is 11.1 Å². The molecule has 1 atom stereocenters. The summed E-state index contributed by atoms with van der Waals surface area (Å²) in [6.07, 6.45) is 1.76. The van der Waals surface area contributed by atoms with E-state index < -0.39 is 0 Å². The number of aliphatic hydroxyl groups is 1. The molecule has 3 rings (SSSR count). The van der Waals surface area contributed by atoms with Crippen LogP contribution in [0.2, 0.25) is 0 Å². The third kappa shape index (κ3) is 4.40. The van der Waals surface area contributed by atoms with Gasteiger partial charge in [0.25, 0.3) is 0 Å². The summed E-state index contributed by atoms with van der Waals surface area (Å²) in [4.78, 5) is 14.3. The molecule has 0 bridgehead atoms. The average molecular weight is 338 g/mol. The third-order valence-electron chi connectivity index (χ3n) is 5.02. The minimum atomic E-state index is -0.0344. The average Bonchev–Trinajstić information content (AvgIpc) is 2.68. The predicted molar refractivity (Wildman–Crippen MR) is 100 cm³/mol. The van der Waals surface area contributed by atoms with Gasteiger partial charge in [-0.05, 0) is 42.4 Å². The van der Waals surface area contributed by atoms with E-state index in [-0.39, 0.29) is 18.7 Å². The monoisotopic (exact) mass is 338 g/mol. The van der Waals surface area contributed by atoms with Crippen molar-refractivity contribution < 1.29 is 9.90 Å². The SMILES string of the molecule is CC(NC(=O)N1CCC(CO)CC1)c1ccc(-c2ccccc2)cc1. The first-order chi connectivity index (χ1) is 12.2. The third-order valence-corrected chi connectivity index (χ3v) is 5.02. The van der Waals surface area contributed by atoms with Crippen molar-refractivity contribution in [2.24, 2.45) is 5.92 Å². The summed E-state index contributed by atoms with van der Waals surface area (Å²) in [6.45, 7) is 3.67. The van der Waals surface area contributed by atoms with Crippen molar-refractivity contribution in [3.8, 4) is 11.1 Å². The van der Waals surface area contributed by atoms with Crippen LogP contribution in [0.1, 0.15) is 31.4 Å². The maximum atomic E-state index is 12.4. The molecule has 1 heterocycles. The molecule has 1 unspecified atom stereocenters. The van der Waals surface area contributed by atoms with Gasteiger partial charge in [-0.25, -0.2) is 4.79 Å². The van der Waals surface area contributed by atoms with Crippen molar-refractivity contribution in [2.45, 2.75) is 25.8 Å². The Labute approximate surface area is 149 Å². The standard InChI is InChI=1S/C21H26N2O2/c1-16(22-21(25)23-13-11-17(15-24)12-14-23)18-7-9-20(10-8-18)19-5-3-2-4-6-19/h2-10,16-17,24H,11-15H2,1H3,(H,22,25). The van der Waals surface area contributed by atoms with Crippen LogP contribution in [-0.2, 0) is 0 Å². The van der Waals surface area contributed by atoms with Crippen LogP contribution in [0.5, 0.6) is 0 Å². The molecule has 1 aliphatic rings. The number of carbonyl (C=O) groups is 1. The van der Waals surface area contributed by atoms with E-state index >= 15 is 0 Å². The zero-order chi connectivity index (χ0) is 17.6. The molecule has 4 heteroatoms. The van der Waals surface area contributed by atoms with Crippen LogP contribution in [-0.4, -0.2) is 35.7 Å². The largest absolute Gasteiger partial charge is 0.396 e. The van der Waals surface area contributed by atoms with Crippen molar-refractivity contribution in [1.82, 2.24) is 10.2 Å². The van der Waals surface area contributed by atoms with E-state index in [4.69, 9.17) is 0 Å². The second kappa shape index (κ2) is 8.17. The fourth-order valence-corrected chi connectivity index (χ4v) is 3.27. The highest BCUT2D eigenvalue weighted by atomic mass is 16.3. The smallest absolute Gasteiger partial charge is 0.317 e. The van der Waals surface area contributed by atoms with Crippen molar-refractivity contribution in [3.63, 3.8) is 0 Å². The molecule has 0 radical (unpaired) electrons. The first-order valence-corrected chi connectivity index (χ1v) is 8.99. The van der Waals surface area contributed by atoms with Gasteiger partial charge in [-0.3, -0.25) is 0 Å². The molecule has 2 aromatic carbocycles. The summed E-state index contributed by atoms with van der Waals surface area (Å²) < 4.78 is 0. The van der Waals surface area contributed by atoms with Crippen LogP contribution in [0.3, 0.4) is 0 Å². The summed E-state index contributed by atoms with van der Waals surface area (Å²) in [5.74, 6) is 0.340. The maximum absolute atomic E-state index is 12.4. The second-order valence-electron chi connectivity index (χ2n) is 6.77. The van der Waals surface area contributed by atoms with E-state index in [1.54, 1.807) is 0 Å². The lowest BCUT2D eigenvalue weighted by Gasteiger charge is -2.32. The molecule has 0 spiro atoms. The number of hydrogen-bond donors (Lipinski definition) is 2. The summed E-state index contributed by atoms with van der Waals surface area (Å²) in [7, 11) is 0. The molecule has 4 nitrogen and oxygen atoms in total. The van der Waals surface area contributed by atoms with Gasteiger partial charge < -0.3 is 15.3 Å². The number of carbonyl (C=O) groups excluding carboxylic acids is 1. The topological polar surface area (TPSA) is 52.6 Å². The quantitative estimate of drug-likeness (QED) is 0.890. The lowest BCUT2D eigenvalue weighted by atomic mass is 9.98. The summed E-state index contributed by atoms with van der Waals surface area (Å²) in [6, 6.07) is 18.6. The van der Waals surface area contributed by atoms with Gasteiger partial charge >= 0.3 is 6.03 Å². The lowest BCUT2D eigenvalue weighted by molar-refractivity contribution is 0.136. The number of piperidine rings is 1. The van der Waals surface area contributed by atoms with Crippen LogP contribution >= 0.6 is 0 Å². The molecule has 2 amide bonds. The van der Waals surface area contributed by atoms with Gasteiger partial charge in [0.15, 0.2) is 0 Å². The number of aliphatic hydroxyl groups excluding tert-OH is 1. The van der Waals surface area contributed by atoms with Gasteiger partial charge in [0.05, 0.1) is 6.04 Å². The van der Waals surface area contributed by atoms with Gasteiger partial charge in [-0.2, -0.15) is 0 Å². The van der Waals surface area contributed by atoms with Gasteiger partial charge in [-0.1, -0.05) is 54.6 Å². The molecule has 1 aliphatic heterocycles. The highest BCUT2D eigenvalue weighted by molar-refractivity contribution is 5.75. The normalized spacial score (nSPS) is 16.5. The zero-order valence-corrected chi connectivity index (χ0v) is 14.7. The number of benzene rings is 2. The molecular weight excluding hydrogens is 312 g/mol.